The summed E-state index contributed by atoms with van der Waals surface area (Å²) in [6.07, 6.45) is 1.73. The van der Waals surface area contributed by atoms with E-state index in [1.807, 2.05) is 0 Å². The predicted molar refractivity (Wildman–Crippen MR) is 65.6 cm³/mol. The monoisotopic (exact) mass is 249 g/mol. The second kappa shape index (κ2) is 6.93. The summed E-state index contributed by atoms with van der Waals surface area (Å²) in [6, 6.07) is 0. The highest BCUT2D eigenvalue weighted by atomic mass is 35.5. The zero-order valence-electron chi connectivity index (χ0n) is 8.86. The summed E-state index contributed by atoms with van der Waals surface area (Å²) in [6.45, 7) is 3.67. The molecule has 0 saturated carbocycles. The van der Waals surface area contributed by atoms with Crippen LogP contribution in [-0.2, 0) is 12.4 Å². The first-order valence-corrected chi connectivity index (χ1v) is 5.71. The van der Waals surface area contributed by atoms with Crippen molar-refractivity contribution in [3.63, 3.8) is 0 Å². The van der Waals surface area contributed by atoms with E-state index in [2.05, 4.69) is 11.9 Å². The first-order chi connectivity index (χ1) is 6.70. The highest BCUT2D eigenvalue weighted by Crippen LogP contribution is 2.26. The lowest BCUT2D eigenvalue weighted by Gasteiger charge is -2.09. The van der Waals surface area contributed by atoms with E-state index in [-0.39, 0.29) is 24.8 Å². The molecule has 86 valence electrons. The molecular weight excluding hydrogens is 234 g/mol. The molecule has 1 rings (SSSR count). The van der Waals surface area contributed by atoms with Gasteiger partial charge in [-0.05, 0) is 18.2 Å². The van der Waals surface area contributed by atoms with Crippen LogP contribution in [0.2, 0.25) is 0 Å². The molecule has 0 amide bonds. The Morgan fingerprint density at radius 1 is 1.47 bits per heavy atom. The van der Waals surface area contributed by atoms with Crippen molar-refractivity contribution < 1.29 is 10.2 Å². The summed E-state index contributed by atoms with van der Waals surface area (Å²) in [4.78, 5) is 4.07. The normalized spacial score (nSPS) is 9.80. The first kappa shape index (κ1) is 14.6. The van der Waals surface area contributed by atoms with E-state index in [0.717, 1.165) is 17.1 Å². The third-order valence-corrected chi connectivity index (χ3v) is 2.97. The number of aryl methyl sites for hydroxylation is 1. The topological polar surface area (TPSA) is 53.4 Å². The Morgan fingerprint density at radius 2 is 2.13 bits per heavy atom. The maximum absolute atomic E-state index is 9.65. The van der Waals surface area contributed by atoms with E-state index >= 15 is 0 Å². The minimum Gasteiger partial charge on any atom is -0.506 e. The summed E-state index contributed by atoms with van der Waals surface area (Å²) in [5, 5.41) is 18.8. The number of halogens is 1. The van der Waals surface area contributed by atoms with Crippen molar-refractivity contribution in [2.45, 2.75) is 26.2 Å². The number of thioether (sulfide) groups is 1. The number of aromatic nitrogens is 1. The Labute approximate surface area is 100 Å². The maximum Gasteiger partial charge on any atom is 0.142 e. The molecule has 0 bridgehead atoms. The van der Waals surface area contributed by atoms with Crippen molar-refractivity contribution in [3.8, 4) is 5.75 Å². The van der Waals surface area contributed by atoms with Crippen molar-refractivity contribution >= 4 is 24.2 Å². The highest BCUT2D eigenvalue weighted by Gasteiger charge is 2.10. The molecule has 0 spiro atoms. The molecule has 1 aromatic rings. The molecule has 0 fully saturated rings. The fraction of sp³-hybridized carbons (Fsp3) is 0.500. The molecule has 1 aromatic heterocycles. The number of nitrogens with zero attached hydrogens (tertiary/aromatic N) is 1. The van der Waals surface area contributed by atoms with Gasteiger partial charge in [0.25, 0.3) is 0 Å². The summed E-state index contributed by atoms with van der Waals surface area (Å²) < 4.78 is 0. The van der Waals surface area contributed by atoms with Crippen LogP contribution in [0.15, 0.2) is 6.20 Å². The van der Waals surface area contributed by atoms with Crippen LogP contribution in [0.5, 0.6) is 5.75 Å². The van der Waals surface area contributed by atoms with Gasteiger partial charge in [-0.2, -0.15) is 11.8 Å². The second-order valence-corrected chi connectivity index (χ2v) is 4.27. The molecule has 0 atom stereocenters. The van der Waals surface area contributed by atoms with Crippen LogP contribution in [0.4, 0.5) is 0 Å². The quantitative estimate of drug-likeness (QED) is 0.860. The van der Waals surface area contributed by atoms with Gasteiger partial charge in [-0.25, -0.2) is 0 Å². The van der Waals surface area contributed by atoms with Crippen molar-refractivity contribution in [3.05, 3.63) is 23.0 Å². The van der Waals surface area contributed by atoms with Gasteiger partial charge in [0, 0.05) is 17.5 Å². The van der Waals surface area contributed by atoms with Gasteiger partial charge in [-0.1, -0.05) is 6.92 Å². The van der Waals surface area contributed by atoms with Crippen molar-refractivity contribution in [2.75, 3.05) is 5.75 Å². The van der Waals surface area contributed by atoms with Gasteiger partial charge in [0.15, 0.2) is 0 Å². The lowest BCUT2D eigenvalue weighted by Crippen LogP contribution is -1.97. The van der Waals surface area contributed by atoms with Gasteiger partial charge in [-0.15, -0.1) is 12.4 Å². The molecule has 1 heterocycles. The van der Waals surface area contributed by atoms with Gasteiger partial charge in [0.2, 0.25) is 0 Å². The number of hydrogen-bond donors (Lipinski definition) is 2. The molecule has 5 heteroatoms. The Balaban J connectivity index is 0.00000196. The second-order valence-electron chi connectivity index (χ2n) is 2.99. The SMILES string of the molecule is CCSCc1cnc(C)c(O)c1CO.Cl. The van der Waals surface area contributed by atoms with Crippen LogP contribution >= 0.6 is 24.2 Å². The summed E-state index contributed by atoms with van der Waals surface area (Å²) in [7, 11) is 0. The fourth-order valence-electron chi connectivity index (χ4n) is 1.20. The fourth-order valence-corrected chi connectivity index (χ4v) is 1.87. The van der Waals surface area contributed by atoms with Gasteiger partial charge in [0.05, 0.1) is 12.3 Å². The van der Waals surface area contributed by atoms with Gasteiger partial charge < -0.3 is 10.2 Å². The molecule has 0 aliphatic rings. The van der Waals surface area contributed by atoms with Crippen molar-refractivity contribution in [2.24, 2.45) is 0 Å². The molecule has 0 saturated heterocycles. The number of hydrogen-bond acceptors (Lipinski definition) is 4. The van der Waals surface area contributed by atoms with Crippen molar-refractivity contribution in [1.82, 2.24) is 4.98 Å². The first-order valence-electron chi connectivity index (χ1n) is 4.55. The summed E-state index contributed by atoms with van der Waals surface area (Å²) in [5.74, 6) is 1.92. The third kappa shape index (κ3) is 3.55. The number of rotatable bonds is 4. The predicted octanol–water partition coefficient (Wildman–Crippen LogP) is 2.26. The van der Waals surface area contributed by atoms with E-state index in [4.69, 9.17) is 5.11 Å². The van der Waals surface area contributed by atoms with E-state index in [1.54, 1.807) is 24.9 Å². The van der Waals surface area contributed by atoms with E-state index in [9.17, 15) is 5.11 Å². The maximum atomic E-state index is 9.65. The molecule has 2 N–H and O–H groups in total. The van der Waals surface area contributed by atoms with E-state index in [0.29, 0.717) is 11.3 Å². The molecule has 0 aliphatic carbocycles. The molecule has 0 aliphatic heterocycles. The van der Waals surface area contributed by atoms with E-state index < -0.39 is 0 Å². The average Bonchev–Trinajstić information content (AvgIpc) is 2.20. The number of aliphatic hydroxyl groups excluding tert-OH is 1. The standard InChI is InChI=1S/C10H15NO2S.ClH/c1-3-14-6-8-4-11-7(2)10(13)9(8)5-12;/h4,12-13H,3,5-6H2,1-2H3;1H. The van der Waals surface area contributed by atoms with Crippen LogP contribution in [-0.4, -0.2) is 20.9 Å². The average molecular weight is 250 g/mol. The Bertz CT molecular complexity index is 321. The molecule has 15 heavy (non-hydrogen) atoms. The van der Waals surface area contributed by atoms with Gasteiger partial charge in [0.1, 0.15) is 5.75 Å². The van der Waals surface area contributed by atoms with Crippen LogP contribution in [0.1, 0.15) is 23.7 Å². The Kier molecular flexibility index (Phi) is 6.72. The number of aromatic hydroxyl groups is 1. The molecular formula is C10H16ClNO2S. The van der Waals surface area contributed by atoms with Crippen molar-refractivity contribution in [1.29, 1.82) is 0 Å². The van der Waals surface area contributed by atoms with Gasteiger partial charge in [-0.3, -0.25) is 4.98 Å². The van der Waals surface area contributed by atoms with E-state index in [1.165, 1.54) is 0 Å². The van der Waals surface area contributed by atoms with Crippen LogP contribution in [0.3, 0.4) is 0 Å². The highest BCUT2D eigenvalue weighted by molar-refractivity contribution is 7.98. The Hall–Kier alpha value is -0.450. The molecule has 0 aromatic carbocycles. The lowest BCUT2D eigenvalue weighted by atomic mass is 10.1. The smallest absolute Gasteiger partial charge is 0.142 e. The minimum atomic E-state index is -0.130. The van der Waals surface area contributed by atoms with Crippen LogP contribution in [0.25, 0.3) is 0 Å². The molecule has 0 radical (unpaired) electrons. The lowest BCUT2D eigenvalue weighted by molar-refractivity contribution is 0.274. The minimum absolute atomic E-state index is 0. The van der Waals surface area contributed by atoms with Crippen LogP contribution < -0.4 is 0 Å². The van der Waals surface area contributed by atoms with Crippen LogP contribution in [0, 0.1) is 6.92 Å². The Morgan fingerprint density at radius 3 is 2.67 bits per heavy atom. The zero-order chi connectivity index (χ0) is 10.6. The number of pyridine rings is 1. The number of aliphatic hydroxyl groups is 1. The molecule has 0 unspecified atom stereocenters. The van der Waals surface area contributed by atoms with Gasteiger partial charge >= 0.3 is 0 Å². The zero-order valence-corrected chi connectivity index (χ0v) is 10.5. The largest absolute Gasteiger partial charge is 0.506 e. The third-order valence-electron chi connectivity index (χ3n) is 2.05. The molecule has 3 nitrogen and oxygen atoms in total. The summed E-state index contributed by atoms with van der Waals surface area (Å²) in [5.41, 5.74) is 2.10. The summed E-state index contributed by atoms with van der Waals surface area (Å²) >= 11 is 1.74.